The molecule has 2 nitrogen and oxygen atoms in total. The van der Waals surface area contributed by atoms with Crippen molar-refractivity contribution in [1.82, 2.24) is 0 Å². The van der Waals surface area contributed by atoms with Crippen LogP contribution in [0, 0.1) is 17.3 Å². The van der Waals surface area contributed by atoms with Crippen LogP contribution in [0.25, 0.3) is 0 Å². The summed E-state index contributed by atoms with van der Waals surface area (Å²) in [7, 11) is 0. The molecule has 0 fully saturated rings. The van der Waals surface area contributed by atoms with E-state index in [1.54, 1.807) is 0 Å². The monoisotopic (exact) mass is 220 g/mol. The van der Waals surface area contributed by atoms with E-state index in [-0.39, 0.29) is 17.5 Å². The second kappa shape index (κ2) is 4.08. The van der Waals surface area contributed by atoms with Gasteiger partial charge in [0.05, 0.1) is 0 Å². The molecule has 0 N–H and O–H groups in total. The maximum atomic E-state index is 11.1. The fourth-order valence-electron chi connectivity index (χ4n) is 3.20. The van der Waals surface area contributed by atoms with E-state index in [9.17, 15) is 4.79 Å². The van der Waals surface area contributed by atoms with Crippen molar-refractivity contribution < 1.29 is 9.53 Å². The van der Waals surface area contributed by atoms with Gasteiger partial charge in [-0.2, -0.15) is 0 Å². The van der Waals surface area contributed by atoms with Crippen molar-refractivity contribution in [3.05, 3.63) is 24.3 Å². The number of carbonyl (C=O) groups excluding carboxylic acids is 1. The Bertz CT molecular complexity index is 343. The molecular formula is C14H20O2. The van der Waals surface area contributed by atoms with Crippen molar-refractivity contribution in [1.29, 1.82) is 0 Å². The summed E-state index contributed by atoms with van der Waals surface area (Å²) in [5, 5.41) is 0. The second-order valence-electron chi connectivity index (χ2n) is 5.07. The summed E-state index contributed by atoms with van der Waals surface area (Å²) in [6.07, 6.45) is 11.0. The Kier molecular flexibility index (Phi) is 2.92. The summed E-state index contributed by atoms with van der Waals surface area (Å²) in [5.74, 6) is 0.846. The highest BCUT2D eigenvalue weighted by Crippen LogP contribution is 2.51. The van der Waals surface area contributed by atoms with Gasteiger partial charge in [0.25, 0.3) is 0 Å². The van der Waals surface area contributed by atoms with Crippen molar-refractivity contribution in [2.45, 2.75) is 39.7 Å². The summed E-state index contributed by atoms with van der Waals surface area (Å²) in [6, 6.07) is 0. The molecule has 0 saturated carbocycles. The molecule has 0 bridgehead atoms. The number of hydrogen-bond donors (Lipinski definition) is 0. The lowest BCUT2D eigenvalue weighted by atomic mass is 9.63. The molecule has 0 unspecified atom stereocenters. The molecule has 0 amide bonds. The molecule has 0 radical (unpaired) electrons. The number of esters is 1. The zero-order chi connectivity index (χ0) is 11.8. The van der Waals surface area contributed by atoms with Gasteiger partial charge in [-0.15, -0.1) is 0 Å². The zero-order valence-electron chi connectivity index (χ0n) is 10.3. The first-order valence-electron chi connectivity index (χ1n) is 6.11. The molecular weight excluding hydrogens is 200 g/mol. The number of allylic oxidation sites excluding steroid dienone is 3. The molecule has 16 heavy (non-hydrogen) atoms. The third-order valence-electron chi connectivity index (χ3n) is 4.22. The summed E-state index contributed by atoms with van der Waals surface area (Å²) < 4.78 is 5.46. The number of hydrogen-bond acceptors (Lipinski definition) is 2. The maximum absolute atomic E-state index is 11.1. The third-order valence-corrected chi connectivity index (χ3v) is 4.22. The Morgan fingerprint density at radius 1 is 1.44 bits per heavy atom. The van der Waals surface area contributed by atoms with Gasteiger partial charge in [0.2, 0.25) is 0 Å². The highest BCUT2D eigenvalue weighted by Gasteiger charge is 2.49. The normalized spacial score (nSPS) is 40.8. The molecule has 88 valence electrons. The Morgan fingerprint density at radius 2 is 2.19 bits per heavy atom. The fraction of sp³-hybridized carbons (Fsp3) is 0.643. The summed E-state index contributed by atoms with van der Waals surface area (Å²) in [6.45, 7) is 5.94. The van der Waals surface area contributed by atoms with E-state index in [4.69, 9.17) is 4.74 Å². The molecule has 0 aromatic rings. The van der Waals surface area contributed by atoms with E-state index in [1.807, 2.05) is 0 Å². The quantitative estimate of drug-likeness (QED) is 0.528. The minimum absolute atomic E-state index is 0.0510. The van der Waals surface area contributed by atoms with E-state index in [1.165, 1.54) is 6.92 Å². The van der Waals surface area contributed by atoms with Crippen LogP contribution >= 0.6 is 0 Å². The van der Waals surface area contributed by atoms with Crippen LogP contribution in [0.1, 0.15) is 33.6 Å². The lowest BCUT2D eigenvalue weighted by Crippen LogP contribution is -2.43. The van der Waals surface area contributed by atoms with Gasteiger partial charge >= 0.3 is 5.97 Å². The van der Waals surface area contributed by atoms with Crippen LogP contribution in [-0.4, -0.2) is 12.1 Å². The maximum Gasteiger partial charge on any atom is 0.303 e. The van der Waals surface area contributed by atoms with Crippen molar-refractivity contribution in [2.24, 2.45) is 17.3 Å². The first-order chi connectivity index (χ1) is 7.59. The molecule has 2 aliphatic carbocycles. The van der Waals surface area contributed by atoms with E-state index < -0.39 is 0 Å². The van der Waals surface area contributed by atoms with Crippen molar-refractivity contribution in [3.8, 4) is 0 Å². The standard InChI is InChI=1S/C14H20O2/c1-4-11-6-5-7-12-8-9-13(14(11,12)3)16-10(2)15/h5-6,8-9,11-13H,4,7H2,1-3H3/t11-,12+,13-,14+/m1/s1. The SMILES string of the molecule is CC[C@@H]1C=CC[C@H]2C=C[C@@H](OC(C)=O)[C@]21C. The van der Waals surface area contributed by atoms with Gasteiger partial charge in [0.15, 0.2) is 0 Å². The Hall–Kier alpha value is -1.05. The molecule has 2 aliphatic rings. The van der Waals surface area contributed by atoms with E-state index in [0.717, 1.165) is 12.8 Å². The number of carbonyl (C=O) groups is 1. The lowest BCUT2D eigenvalue weighted by Gasteiger charge is -2.43. The van der Waals surface area contributed by atoms with Crippen LogP contribution in [0.5, 0.6) is 0 Å². The molecule has 0 heterocycles. The average Bonchev–Trinajstić information content (AvgIpc) is 2.55. The average molecular weight is 220 g/mol. The van der Waals surface area contributed by atoms with Gasteiger partial charge in [-0.3, -0.25) is 4.79 Å². The molecule has 4 atom stereocenters. The molecule has 2 heteroatoms. The predicted molar refractivity (Wildman–Crippen MR) is 63.8 cm³/mol. The topological polar surface area (TPSA) is 26.3 Å². The minimum Gasteiger partial charge on any atom is -0.458 e. The largest absolute Gasteiger partial charge is 0.458 e. The Labute approximate surface area is 97.4 Å². The zero-order valence-corrected chi connectivity index (χ0v) is 10.3. The van der Waals surface area contributed by atoms with Crippen LogP contribution in [0.4, 0.5) is 0 Å². The first kappa shape index (κ1) is 11.4. The highest BCUT2D eigenvalue weighted by atomic mass is 16.5. The van der Waals surface area contributed by atoms with Crippen LogP contribution in [-0.2, 0) is 9.53 Å². The molecule has 0 aromatic carbocycles. The first-order valence-corrected chi connectivity index (χ1v) is 6.11. The molecule has 0 aromatic heterocycles. The van der Waals surface area contributed by atoms with Crippen LogP contribution < -0.4 is 0 Å². The second-order valence-corrected chi connectivity index (χ2v) is 5.07. The minimum atomic E-state index is -0.180. The van der Waals surface area contributed by atoms with Crippen molar-refractivity contribution in [2.75, 3.05) is 0 Å². The van der Waals surface area contributed by atoms with Crippen LogP contribution in [0.15, 0.2) is 24.3 Å². The van der Waals surface area contributed by atoms with Crippen LogP contribution in [0.2, 0.25) is 0 Å². The highest BCUT2D eigenvalue weighted by molar-refractivity contribution is 5.66. The van der Waals surface area contributed by atoms with Gasteiger partial charge in [-0.05, 0) is 30.8 Å². The summed E-state index contributed by atoms with van der Waals surface area (Å²) in [5.41, 5.74) is 0.0647. The number of fused-ring (bicyclic) bond motifs is 1. The Balaban J connectivity index is 2.27. The third kappa shape index (κ3) is 1.60. The van der Waals surface area contributed by atoms with Crippen molar-refractivity contribution >= 4 is 5.97 Å². The summed E-state index contributed by atoms with van der Waals surface area (Å²) in [4.78, 5) is 11.1. The Morgan fingerprint density at radius 3 is 2.81 bits per heavy atom. The predicted octanol–water partition coefficient (Wildman–Crippen LogP) is 3.10. The number of ether oxygens (including phenoxy) is 1. The van der Waals surface area contributed by atoms with Gasteiger partial charge in [-0.1, -0.05) is 32.1 Å². The van der Waals surface area contributed by atoms with E-state index in [0.29, 0.717) is 11.8 Å². The lowest BCUT2D eigenvalue weighted by molar-refractivity contribution is -0.151. The summed E-state index contributed by atoms with van der Waals surface area (Å²) >= 11 is 0. The molecule has 2 rings (SSSR count). The van der Waals surface area contributed by atoms with E-state index in [2.05, 4.69) is 38.2 Å². The van der Waals surface area contributed by atoms with Crippen molar-refractivity contribution in [3.63, 3.8) is 0 Å². The van der Waals surface area contributed by atoms with Gasteiger partial charge in [-0.25, -0.2) is 0 Å². The molecule has 0 aliphatic heterocycles. The fourth-order valence-corrected chi connectivity index (χ4v) is 3.20. The molecule has 0 spiro atoms. The smallest absolute Gasteiger partial charge is 0.303 e. The van der Waals surface area contributed by atoms with Gasteiger partial charge in [0.1, 0.15) is 6.10 Å². The number of rotatable bonds is 2. The van der Waals surface area contributed by atoms with Crippen LogP contribution in [0.3, 0.4) is 0 Å². The molecule has 0 saturated heterocycles. The van der Waals surface area contributed by atoms with Gasteiger partial charge in [0, 0.05) is 12.3 Å². The van der Waals surface area contributed by atoms with Gasteiger partial charge < -0.3 is 4.74 Å². The van der Waals surface area contributed by atoms with E-state index >= 15 is 0 Å².